The fourth-order valence-corrected chi connectivity index (χ4v) is 2.67. The first-order valence-corrected chi connectivity index (χ1v) is 7.38. The number of hydrogen-bond acceptors (Lipinski definition) is 4. The molecule has 1 aromatic carbocycles. The van der Waals surface area contributed by atoms with E-state index in [1.165, 1.54) is 5.56 Å². The quantitative estimate of drug-likeness (QED) is 0.641. The Balaban J connectivity index is 1.66. The van der Waals surface area contributed by atoms with Crippen LogP contribution in [0.2, 0.25) is 0 Å². The SMILES string of the molecule is CCOC(=O)CNOC1CCC(c2ccccc2)CC1. The molecule has 0 heterocycles. The molecule has 0 radical (unpaired) electrons. The van der Waals surface area contributed by atoms with Crippen LogP contribution in [0.3, 0.4) is 0 Å². The average Bonchev–Trinajstić information content (AvgIpc) is 2.49. The molecule has 1 N–H and O–H groups in total. The fourth-order valence-electron chi connectivity index (χ4n) is 2.67. The minimum Gasteiger partial charge on any atom is -0.465 e. The first-order valence-electron chi connectivity index (χ1n) is 7.38. The maximum Gasteiger partial charge on any atom is 0.322 e. The maximum absolute atomic E-state index is 11.2. The zero-order valence-electron chi connectivity index (χ0n) is 12.0. The van der Waals surface area contributed by atoms with E-state index >= 15 is 0 Å². The van der Waals surface area contributed by atoms with Gasteiger partial charge in [-0.15, -0.1) is 0 Å². The van der Waals surface area contributed by atoms with Gasteiger partial charge in [0.05, 0.1) is 12.7 Å². The summed E-state index contributed by atoms with van der Waals surface area (Å²) in [7, 11) is 0. The molecule has 0 aliphatic heterocycles. The topological polar surface area (TPSA) is 47.6 Å². The molecule has 0 saturated heterocycles. The van der Waals surface area contributed by atoms with Crippen molar-refractivity contribution in [2.75, 3.05) is 13.2 Å². The Hall–Kier alpha value is -1.39. The summed E-state index contributed by atoms with van der Waals surface area (Å²) >= 11 is 0. The van der Waals surface area contributed by atoms with Crippen molar-refractivity contribution in [2.45, 2.75) is 44.6 Å². The number of hydrogen-bond donors (Lipinski definition) is 1. The molecule has 0 atom stereocenters. The Kier molecular flexibility index (Phi) is 6.02. The van der Waals surface area contributed by atoms with Crippen molar-refractivity contribution in [3.8, 4) is 0 Å². The predicted octanol–water partition coefficient (Wildman–Crippen LogP) is 2.80. The van der Waals surface area contributed by atoms with E-state index in [-0.39, 0.29) is 18.6 Å². The van der Waals surface area contributed by atoms with Crippen LogP contribution in [-0.4, -0.2) is 25.2 Å². The molecule has 1 fully saturated rings. The van der Waals surface area contributed by atoms with Crippen LogP contribution in [0.5, 0.6) is 0 Å². The van der Waals surface area contributed by atoms with Crippen LogP contribution in [0.1, 0.15) is 44.1 Å². The van der Waals surface area contributed by atoms with Crippen LogP contribution in [-0.2, 0) is 14.4 Å². The molecule has 0 bridgehead atoms. The Morgan fingerprint density at radius 2 is 1.90 bits per heavy atom. The lowest BCUT2D eigenvalue weighted by molar-refractivity contribution is -0.146. The van der Waals surface area contributed by atoms with Gasteiger partial charge in [0.2, 0.25) is 0 Å². The monoisotopic (exact) mass is 277 g/mol. The number of nitrogens with one attached hydrogen (secondary N) is 1. The van der Waals surface area contributed by atoms with Crippen molar-refractivity contribution in [1.82, 2.24) is 5.48 Å². The van der Waals surface area contributed by atoms with Crippen molar-refractivity contribution >= 4 is 5.97 Å². The highest BCUT2D eigenvalue weighted by Crippen LogP contribution is 2.33. The van der Waals surface area contributed by atoms with Crippen molar-refractivity contribution in [3.05, 3.63) is 35.9 Å². The van der Waals surface area contributed by atoms with Gasteiger partial charge in [-0.3, -0.25) is 9.63 Å². The second kappa shape index (κ2) is 8.02. The minimum atomic E-state index is -0.273. The predicted molar refractivity (Wildman–Crippen MR) is 77.2 cm³/mol. The van der Waals surface area contributed by atoms with Crippen molar-refractivity contribution in [3.63, 3.8) is 0 Å². The number of ether oxygens (including phenoxy) is 1. The summed E-state index contributed by atoms with van der Waals surface area (Å²) in [6.45, 7) is 2.32. The average molecular weight is 277 g/mol. The molecular formula is C16H23NO3. The van der Waals surface area contributed by atoms with Gasteiger partial charge in [-0.25, -0.2) is 0 Å². The normalized spacial score (nSPS) is 22.4. The molecule has 1 aliphatic carbocycles. The molecule has 0 unspecified atom stereocenters. The molecule has 4 nitrogen and oxygen atoms in total. The molecule has 0 amide bonds. The number of benzene rings is 1. The smallest absolute Gasteiger partial charge is 0.322 e. The number of rotatable bonds is 6. The van der Waals surface area contributed by atoms with Crippen LogP contribution in [0.4, 0.5) is 0 Å². The van der Waals surface area contributed by atoms with E-state index in [1.807, 2.05) is 0 Å². The Morgan fingerprint density at radius 1 is 1.20 bits per heavy atom. The summed E-state index contributed by atoms with van der Waals surface area (Å²) in [5, 5.41) is 0. The lowest BCUT2D eigenvalue weighted by atomic mass is 9.83. The molecule has 110 valence electrons. The van der Waals surface area contributed by atoms with E-state index in [4.69, 9.17) is 9.57 Å². The van der Waals surface area contributed by atoms with Gasteiger partial charge in [-0.2, -0.15) is 5.48 Å². The molecule has 1 aliphatic rings. The van der Waals surface area contributed by atoms with Crippen LogP contribution in [0.25, 0.3) is 0 Å². The molecule has 4 heteroatoms. The van der Waals surface area contributed by atoms with E-state index in [1.54, 1.807) is 6.92 Å². The fraction of sp³-hybridized carbons (Fsp3) is 0.562. The van der Waals surface area contributed by atoms with E-state index in [0.29, 0.717) is 12.5 Å². The zero-order valence-corrected chi connectivity index (χ0v) is 12.0. The Labute approximate surface area is 120 Å². The number of hydroxylamine groups is 1. The van der Waals surface area contributed by atoms with Gasteiger partial charge in [0.15, 0.2) is 0 Å². The van der Waals surface area contributed by atoms with Crippen molar-refractivity contribution in [1.29, 1.82) is 0 Å². The number of carbonyl (C=O) groups excluding carboxylic acids is 1. The standard InChI is InChI=1S/C16H23NO3/c1-2-19-16(18)12-17-20-15-10-8-14(9-11-15)13-6-4-3-5-7-13/h3-7,14-15,17H,2,8-12H2,1H3. The third-order valence-electron chi connectivity index (χ3n) is 3.72. The van der Waals surface area contributed by atoms with Crippen LogP contribution >= 0.6 is 0 Å². The van der Waals surface area contributed by atoms with E-state index in [0.717, 1.165) is 25.7 Å². The van der Waals surface area contributed by atoms with Crippen LogP contribution in [0.15, 0.2) is 30.3 Å². The first kappa shape index (κ1) is 15.0. The second-order valence-corrected chi connectivity index (χ2v) is 5.13. The van der Waals surface area contributed by atoms with Crippen molar-refractivity contribution < 1.29 is 14.4 Å². The molecule has 1 saturated carbocycles. The van der Waals surface area contributed by atoms with E-state index in [9.17, 15) is 4.79 Å². The summed E-state index contributed by atoms with van der Waals surface area (Å²) in [5.74, 6) is 0.367. The molecule has 1 aromatic rings. The summed E-state index contributed by atoms with van der Waals surface area (Å²) in [6.07, 6.45) is 4.51. The number of esters is 1. The van der Waals surface area contributed by atoms with Gasteiger partial charge >= 0.3 is 5.97 Å². The highest BCUT2D eigenvalue weighted by Gasteiger charge is 2.23. The summed E-state index contributed by atoms with van der Waals surface area (Å²) < 4.78 is 4.82. The summed E-state index contributed by atoms with van der Waals surface area (Å²) in [4.78, 5) is 16.7. The summed E-state index contributed by atoms with van der Waals surface area (Å²) in [5.41, 5.74) is 4.14. The lowest BCUT2D eigenvalue weighted by Crippen LogP contribution is -2.31. The van der Waals surface area contributed by atoms with Gasteiger partial charge in [0.25, 0.3) is 0 Å². The second-order valence-electron chi connectivity index (χ2n) is 5.13. The lowest BCUT2D eigenvalue weighted by Gasteiger charge is -2.28. The van der Waals surface area contributed by atoms with Crippen LogP contribution < -0.4 is 5.48 Å². The Bertz CT molecular complexity index is 399. The molecular weight excluding hydrogens is 254 g/mol. The van der Waals surface area contributed by atoms with E-state index < -0.39 is 0 Å². The van der Waals surface area contributed by atoms with Gasteiger partial charge in [0.1, 0.15) is 6.54 Å². The molecule has 0 spiro atoms. The van der Waals surface area contributed by atoms with Gasteiger partial charge < -0.3 is 4.74 Å². The largest absolute Gasteiger partial charge is 0.465 e. The van der Waals surface area contributed by atoms with Crippen LogP contribution in [0, 0.1) is 0 Å². The molecule has 0 aromatic heterocycles. The maximum atomic E-state index is 11.2. The zero-order chi connectivity index (χ0) is 14.2. The third kappa shape index (κ3) is 4.62. The van der Waals surface area contributed by atoms with Crippen molar-refractivity contribution in [2.24, 2.45) is 0 Å². The number of carbonyl (C=O) groups is 1. The highest BCUT2D eigenvalue weighted by atomic mass is 16.7. The summed E-state index contributed by atoms with van der Waals surface area (Å²) in [6, 6.07) is 10.6. The third-order valence-corrected chi connectivity index (χ3v) is 3.72. The van der Waals surface area contributed by atoms with E-state index in [2.05, 4.69) is 35.8 Å². The molecule has 2 rings (SSSR count). The minimum absolute atomic E-state index is 0.118. The first-order chi connectivity index (χ1) is 9.79. The molecule has 20 heavy (non-hydrogen) atoms. The van der Waals surface area contributed by atoms with Gasteiger partial charge in [0, 0.05) is 0 Å². The Morgan fingerprint density at radius 3 is 2.55 bits per heavy atom. The highest BCUT2D eigenvalue weighted by molar-refractivity contribution is 5.71. The van der Waals surface area contributed by atoms with Gasteiger partial charge in [-0.1, -0.05) is 30.3 Å². The van der Waals surface area contributed by atoms with Gasteiger partial charge in [-0.05, 0) is 44.1 Å².